The highest BCUT2D eigenvalue weighted by molar-refractivity contribution is 5.73. The highest BCUT2D eigenvalue weighted by atomic mass is 15.1. The molecule has 0 aliphatic carbocycles. The number of anilines is 3. The van der Waals surface area contributed by atoms with Crippen LogP contribution in [0.15, 0.2) is 48.5 Å². The molecule has 21 heavy (non-hydrogen) atoms. The van der Waals surface area contributed by atoms with E-state index in [-0.39, 0.29) is 0 Å². The van der Waals surface area contributed by atoms with E-state index in [4.69, 9.17) is 0 Å². The van der Waals surface area contributed by atoms with Crippen LogP contribution >= 0.6 is 0 Å². The Balaban J connectivity index is 2.00. The van der Waals surface area contributed by atoms with Gasteiger partial charge in [-0.15, -0.1) is 0 Å². The third-order valence-corrected chi connectivity index (χ3v) is 4.16. The van der Waals surface area contributed by atoms with E-state index in [2.05, 4.69) is 65.7 Å². The fraction of sp³-hybridized carbons (Fsp3) is 0.368. The van der Waals surface area contributed by atoms with E-state index in [9.17, 15) is 0 Å². The molecule has 0 saturated carbocycles. The Bertz CT molecular complexity index is 577. The fourth-order valence-electron chi connectivity index (χ4n) is 3.06. The Morgan fingerprint density at radius 1 is 1.05 bits per heavy atom. The van der Waals surface area contributed by atoms with Crippen LogP contribution in [0.3, 0.4) is 0 Å². The molecule has 1 heterocycles. The summed E-state index contributed by atoms with van der Waals surface area (Å²) in [7, 11) is 0. The molecule has 1 N–H and O–H groups in total. The normalized spacial score (nSPS) is 13.4. The molecule has 0 atom stereocenters. The van der Waals surface area contributed by atoms with Gasteiger partial charge in [0.25, 0.3) is 0 Å². The molecule has 110 valence electrons. The Morgan fingerprint density at radius 2 is 1.90 bits per heavy atom. The van der Waals surface area contributed by atoms with Crippen molar-refractivity contribution in [2.45, 2.75) is 32.6 Å². The lowest BCUT2D eigenvalue weighted by molar-refractivity contribution is 0.774. The van der Waals surface area contributed by atoms with Gasteiger partial charge in [0.15, 0.2) is 0 Å². The van der Waals surface area contributed by atoms with Crippen LogP contribution in [-0.4, -0.2) is 13.1 Å². The van der Waals surface area contributed by atoms with E-state index in [1.807, 2.05) is 0 Å². The standard InChI is InChI=1S/C19H24N2/c1-2-3-15-21(16-9-5-4-6-10-16)19-13-7-12-18-17(19)11-8-14-20-18/h4-7,9-10,12-13,20H,2-3,8,11,14-15H2,1H3. The largest absolute Gasteiger partial charge is 0.385 e. The molecule has 0 radical (unpaired) electrons. The number of hydrogen-bond acceptors (Lipinski definition) is 2. The lowest BCUT2D eigenvalue weighted by atomic mass is 10.00. The lowest BCUT2D eigenvalue weighted by Crippen LogP contribution is -2.22. The predicted octanol–water partition coefficient (Wildman–Crippen LogP) is 4.98. The summed E-state index contributed by atoms with van der Waals surface area (Å²) in [5.74, 6) is 0. The Kier molecular flexibility index (Phi) is 4.44. The summed E-state index contributed by atoms with van der Waals surface area (Å²) < 4.78 is 0. The summed E-state index contributed by atoms with van der Waals surface area (Å²) in [6, 6.07) is 17.4. The molecule has 0 fully saturated rings. The topological polar surface area (TPSA) is 15.3 Å². The van der Waals surface area contributed by atoms with Gasteiger partial charge in [0.2, 0.25) is 0 Å². The SMILES string of the molecule is CCCCN(c1ccccc1)c1cccc2c1CCCN2. The van der Waals surface area contributed by atoms with Crippen molar-refractivity contribution in [3.63, 3.8) is 0 Å². The quantitative estimate of drug-likeness (QED) is 0.830. The van der Waals surface area contributed by atoms with E-state index in [0.29, 0.717) is 0 Å². The van der Waals surface area contributed by atoms with Crippen LogP contribution in [0.1, 0.15) is 31.7 Å². The minimum absolute atomic E-state index is 1.08. The first kappa shape index (κ1) is 14.0. The van der Waals surface area contributed by atoms with Gasteiger partial charge < -0.3 is 10.2 Å². The highest BCUT2D eigenvalue weighted by Crippen LogP contribution is 2.35. The predicted molar refractivity (Wildman–Crippen MR) is 91.6 cm³/mol. The molecule has 2 heteroatoms. The van der Waals surface area contributed by atoms with Crippen LogP contribution in [0.4, 0.5) is 17.1 Å². The fourth-order valence-corrected chi connectivity index (χ4v) is 3.06. The second-order valence-electron chi connectivity index (χ2n) is 5.67. The van der Waals surface area contributed by atoms with E-state index in [1.165, 1.54) is 48.3 Å². The van der Waals surface area contributed by atoms with Crippen molar-refractivity contribution in [2.24, 2.45) is 0 Å². The molecule has 1 aliphatic heterocycles. The first-order valence-electron chi connectivity index (χ1n) is 8.08. The van der Waals surface area contributed by atoms with Crippen LogP contribution in [-0.2, 0) is 6.42 Å². The molecule has 2 nitrogen and oxygen atoms in total. The van der Waals surface area contributed by atoms with Gasteiger partial charge in [0.05, 0.1) is 0 Å². The first-order chi connectivity index (χ1) is 10.4. The van der Waals surface area contributed by atoms with Gasteiger partial charge in [0.1, 0.15) is 0 Å². The van der Waals surface area contributed by atoms with E-state index in [1.54, 1.807) is 0 Å². The second kappa shape index (κ2) is 6.66. The van der Waals surface area contributed by atoms with Gasteiger partial charge in [-0.05, 0) is 49.1 Å². The summed E-state index contributed by atoms with van der Waals surface area (Å²) in [5, 5.41) is 3.54. The van der Waals surface area contributed by atoms with Crippen molar-refractivity contribution in [1.29, 1.82) is 0 Å². The minimum Gasteiger partial charge on any atom is -0.385 e. The van der Waals surface area contributed by atoms with E-state index in [0.717, 1.165) is 13.1 Å². The monoisotopic (exact) mass is 280 g/mol. The Morgan fingerprint density at radius 3 is 2.71 bits per heavy atom. The smallest absolute Gasteiger partial charge is 0.0464 e. The maximum atomic E-state index is 3.54. The maximum Gasteiger partial charge on any atom is 0.0464 e. The lowest BCUT2D eigenvalue weighted by Gasteiger charge is -2.30. The zero-order valence-corrected chi connectivity index (χ0v) is 12.8. The number of rotatable bonds is 5. The van der Waals surface area contributed by atoms with Crippen LogP contribution in [0.2, 0.25) is 0 Å². The molecule has 0 aromatic heterocycles. The van der Waals surface area contributed by atoms with Gasteiger partial charge in [-0.2, -0.15) is 0 Å². The number of hydrogen-bond donors (Lipinski definition) is 1. The third kappa shape index (κ3) is 3.05. The van der Waals surface area contributed by atoms with Crippen molar-refractivity contribution in [3.05, 3.63) is 54.1 Å². The van der Waals surface area contributed by atoms with E-state index >= 15 is 0 Å². The molecule has 0 spiro atoms. The van der Waals surface area contributed by atoms with Crippen molar-refractivity contribution in [1.82, 2.24) is 0 Å². The van der Waals surface area contributed by atoms with Crippen molar-refractivity contribution < 1.29 is 0 Å². The van der Waals surface area contributed by atoms with Crippen LogP contribution in [0.25, 0.3) is 0 Å². The summed E-state index contributed by atoms with van der Waals surface area (Å²) in [6.07, 6.45) is 4.83. The number of nitrogens with zero attached hydrogens (tertiary/aromatic N) is 1. The molecular formula is C19H24N2. The third-order valence-electron chi connectivity index (χ3n) is 4.16. The summed E-state index contributed by atoms with van der Waals surface area (Å²) >= 11 is 0. The van der Waals surface area contributed by atoms with Gasteiger partial charge in [0, 0.05) is 30.2 Å². The molecule has 2 aromatic rings. The van der Waals surface area contributed by atoms with E-state index < -0.39 is 0 Å². The molecule has 3 rings (SSSR count). The van der Waals surface area contributed by atoms with Gasteiger partial charge >= 0.3 is 0 Å². The number of unbranched alkanes of at least 4 members (excludes halogenated alkanes) is 1. The highest BCUT2D eigenvalue weighted by Gasteiger charge is 2.17. The Labute approximate surface area is 127 Å². The summed E-state index contributed by atoms with van der Waals surface area (Å²) in [4.78, 5) is 2.48. The maximum absolute atomic E-state index is 3.54. The van der Waals surface area contributed by atoms with Gasteiger partial charge in [-0.1, -0.05) is 37.6 Å². The molecule has 0 amide bonds. The van der Waals surface area contributed by atoms with Crippen molar-refractivity contribution in [3.8, 4) is 0 Å². The summed E-state index contributed by atoms with van der Waals surface area (Å²) in [5.41, 5.74) is 5.46. The summed E-state index contributed by atoms with van der Waals surface area (Å²) in [6.45, 7) is 4.43. The van der Waals surface area contributed by atoms with Crippen LogP contribution in [0, 0.1) is 0 Å². The van der Waals surface area contributed by atoms with Gasteiger partial charge in [-0.3, -0.25) is 0 Å². The molecular weight excluding hydrogens is 256 g/mol. The number of nitrogens with one attached hydrogen (secondary N) is 1. The average molecular weight is 280 g/mol. The zero-order chi connectivity index (χ0) is 14.5. The van der Waals surface area contributed by atoms with Crippen molar-refractivity contribution in [2.75, 3.05) is 23.3 Å². The van der Waals surface area contributed by atoms with Crippen molar-refractivity contribution >= 4 is 17.1 Å². The molecule has 1 aliphatic rings. The van der Waals surface area contributed by atoms with Crippen LogP contribution in [0.5, 0.6) is 0 Å². The average Bonchev–Trinajstić information content (AvgIpc) is 2.56. The number of para-hydroxylation sites is 1. The molecule has 2 aromatic carbocycles. The minimum atomic E-state index is 1.08. The number of benzene rings is 2. The van der Waals surface area contributed by atoms with Crippen LogP contribution < -0.4 is 10.2 Å². The molecule has 0 unspecified atom stereocenters. The zero-order valence-electron chi connectivity index (χ0n) is 12.8. The first-order valence-corrected chi connectivity index (χ1v) is 8.08. The Hall–Kier alpha value is -1.96. The molecule has 0 bridgehead atoms. The van der Waals surface area contributed by atoms with Gasteiger partial charge in [-0.25, -0.2) is 0 Å². The number of fused-ring (bicyclic) bond motifs is 1. The second-order valence-corrected chi connectivity index (χ2v) is 5.67. The molecule has 0 saturated heterocycles.